The summed E-state index contributed by atoms with van der Waals surface area (Å²) in [6, 6.07) is 20.2. The van der Waals surface area contributed by atoms with Gasteiger partial charge in [0, 0.05) is 22.9 Å². The number of aryl methyl sites for hydroxylation is 1. The molecule has 4 unspecified atom stereocenters. The van der Waals surface area contributed by atoms with Crippen LogP contribution in [0, 0.1) is 12.8 Å². The normalized spacial score (nSPS) is 30.8. The monoisotopic (exact) mass is 485 g/mol. The van der Waals surface area contributed by atoms with Crippen molar-refractivity contribution in [1.82, 2.24) is 4.98 Å². The number of aromatic nitrogens is 1. The molecule has 1 aromatic heterocycles. The molecule has 0 saturated heterocycles. The molecule has 190 valence electrons. The maximum Gasteiger partial charge on any atom is 0.120 e. The maximum atomic E-state index is 12.0. The van der Waals surface area contributed by atoms with E-state index in [0.29, 0.717) is 19.4 Å². The van der Waals surface area contributed by atoms with E-state index >= 15 is 0 Å². The Morgan fingerprint density at radius 2 is 1.69 bits per heavy atom. The Bertz CT molecular complexity index is 1250. The summed E-state index contributed by atoms with van der Waals surface area (Å²) in [5.74, 6) is 1.11. The van der Waals surface area contributed by atoms with Crippen LogP contribution in [0.3, 0.4) is 0 Å². The number of aliphatic hydroxyl groups is 2. The van der Waals surface area contributed by atoms with E-state index in [4.69, 9.17) is 4.74 Å². The first-order valence-electron chi connectivity index (χ1n) is 13.2. The molecule has 0 bridgehead atoms. The summed E-state index contributed by atoms with van der Waals surface area (Å²) in [4.78, 5) is 4.37. The number of benzene rings is 2. The molecule has 1 fully saturated rings. The van der Waals surface area contributed by atoms with Crippen LogP contribution in [-0.2, 0) is 23.0 Å². The fourth-order valence-corrected chi connectivity index (χ4v) is 7.17. The lowest BCUT2D eigenvalue weighted by atomic mass is 9.46. The van der Waals surface area contributed by atoms with E-state index < -0.39 is 11.2 Å². The van der Waals surface area contributed by atoms with E-state index in [1.807, 2.05) is 50.2 Å². The molecular formula is C32H39NO3. The Balaban J connectivity index is 1.53. The van der Waals surface area contributed by atoms with Crippen molar-refractivity contribution in [3.05, 3.63) is 94.8 Å². The summed E-state index contributed by atoms with van der Waals surface area (Å²) in [5, 5.41) is 23.9. The van der Waals surface area contributed by atoms with Crippen LogP contribution >= 0.6 is 0 Å². The third-order valence-corrected chi connectivity index (χ3v) is 9.28. The van der Waals surface area contributed by atoms with Crippen LogP contribution in [0.4, 0.5) is 0 Å². The molecular weight excluding hydrogens is 446 g/mol. The van der Waals surface area contributed by atoms with Crippen LogP contribution in [0.15, 0.2) is 66.9 Å². The SMILES string of the molecule is CCC12CC(C)(O)C(O)(c3ccccc3)CC1CC(C)(C)c1cc(OCc3cccnc3C)ccc12. The first-order chi connectivity index (χ1) is 17.0. The van der Waals surface area contributed by atoms with Crippen molar-refractivity contribution in [3.63, 3.8) is 0 Å². The van der Waals surface area contributed by atoms with Crippen LogP contribution in [0.2, 0.25) is 0 Å². The minimum Gasteiger partial charge on any atom is -0.489 e. The van der Waals surface area contributed by atoms with Crippen molar-refractivity contribution in [2.24, 2.45) is 5.92 Å². The molecule has 0 radical (unpaired) electrons. The van der Waals surface area contributed by atoms with Crippen LogP contribution in [0.1, 0.15) is 81.3 Å². The van der Waals surface area contributed by atoms with Crippen molar-refractivity contribution in [2.45, 2.75) is 88.9 Å². The summed E-state index contributed by atoms with van der Waals surface area (Å²) in [7, 11) is 0. The van der Waals surface area contributed by atoms with Crippen LogP contribution in [0.5, 0.6) is 5.75 Å². The first kappa shape index (κ1) is 25.0. The molecule has 4 atom stereocenters. The highest BCUT2D eigenvalue weighted by Gasteiger charge is 2.62. The Labute approximate surface area is 215 Å². The number of nitrogens with zero attached hydrogens (tertiary/aromatic N) is 1. The topological polar surface area (TPSA) is 62.6 Å². The number of hydrogen-bond acceptors (Lipinski definition) is 4. The van der Waals surface area contributed by atoms with Crippen molar-refractivity contribution >= 4 is 0 Å². The second-order valence-electron chi connectivity index (χ2n) is 11.9. The summed E-state index contributed by atoms with van der Waals surface area (Å²) in [6.07, 6.45) is 4.73. The van der Waals surface area contributed by atoms with Gasteiger partial charge in [0.1, 0.15) is 18.0 Å². The second kappa shape index (κ2) is 8.71. The predicted octanol–water partition coefficient (Wildman–Crippen LogP) is 6.35. The van der Waals surface area contributed by atoms with Gasteiger partial charge in [-0.15, -0.1) is 0 Å². The zero-order chi connectivity index (χ0) is 25.8. The van der Waals surface area contributed by atoms with Gasteiger partial charge >= 0.3 is 0 Å². The molecule has 36 heavy (non-hydrogen) atoms. The fraction of sp³-hybridized carbons (Fsp3) is 0.469. The fourth-order valence-electron chi connectivity index (χ4n) is 7.17. The lowest BCUT2D eigenvalue weighted by molar-refractivity contribution is -0.207. The van der Waals surface area contributed by atoms with Crippen molar-refractivity contribution in [1.29, 1.82) is 0 Å². The molecule has 1 heterocycles. The maximum absolute atomic E-state index is 12.0. The lowest BCUT2D eigenvalue weighted by Crippen LogP contribution is -2.63. The molecule has 5 rings (SSSR count). The van der Waals surface area contributed by atoms with Gasteiger partial charge in [-0.25, -0.2) is 0 Å². The van der Waals surface area contributed by atoms with E-state index in [0.717, 1.165) is 35.4 Å². The zero-order valence-electron chi connectivity index (χ0n) is 22.2. The highest BCUT2D eigenvalue weighted by Crippen LogP contribution is 2.63. The molecule has 2 aliphatic rings. The van der Waals surface area contributed by atoms with Gasteiger partial charge < -0.3 is 14.9 Å². The van der Waals surface area contributed by atoms with Crippen LogP contribution < -0.4 is 4.74 Å². The van der Waals surface area contributed by atoms with Gasteiger partial charge in [-0.05, 0) is 85.8 Å². The molecule has 4 heteroatoms. The summed E-state index contributed by atoms with van der Waals surface area (Å²) < 4.78 is 6.24. The van der Waals surface area contributed by atoms with Gasteiger partial charge in [-0.1, -0.05) is 63.2 Å². The minimum atomic E-state index is -1.28. The molecule has 2 aliphatic carbocycles. The Hall–Kier alpha value is -2.69. The lowest BCUT2D eigenvalue weighted by Gasteiger charge is -2.61. The molecule has 4 nitrogen and oxygen atoms in total. The standard InChI is InChI=1S/C32H39NO3/c1-6-31-21-30(5,34)32(35,24-12-8-7-9-13-24)19-25(31)18-29(3,4)28-17-26(14-15-27(28)31)36-20-23-11-10-16-33-22(23)2/h7-17,25,34-35H,6,18-21H2,1-5H3. The number of pyridine rings is 1. The predicted molar refractivity (Wildman–Crippen MR) is 143 cm³/mol. The number of rotatable bonds is 5. The van der Waals surface area contributed by atoms with E-state index in [9.17, 15) is 10.2 Å². The highest BCUT2D eigenvalue weighted by molar-refractivity contribution is 5.49. The summed E-state index contributed by atoms with van der Waals surface area (Å²) in [6.45, 7) is 11.1. The molecule has 2 aromatic carbocycles. The average Bonchev–Trinajstić information content (AvgIpc) is 2.85. The number of fused-ring (bicyclic) bond motifs is 3. The van der Waals surface area contributed by atoms with Gasteiger partial charge in [0.15, 0.2) is 0 Å². The number of ether oxygens (including phenoxy) is 1. The van der Waals surface area contributed by atoms with Crippen molar-refractivity contribution in [2.75, 3.05) is 0 Å². The van der Waals surface area contributed by atoms with Crippen LogP contribution in [0.25, 0.3) is 0 Å². The Morgan fingerprint density at radius 1 is 0.944 bits per heavy atom. The quantitative estimate of drug-likeness (QED) is 0.442. The van der Waals surface area contributed by atoms with Gasteiger partial charge in [-0.2, -0.15) is 0 Å². The molecule has 0 aliphatic heterocycles. The first-order valence-corrected chi connectivity index (χ1v) is 13.2. The molecule has 3 aromatic rings. The van der Waals surface area contributed by atoms with Crippen molar-refractivity contribution < 1.29 is 14.9 Å². The van der Waals surface area contributed by atoms with Gasteiger partial charge in [0.2, 0.25) is 0 Å². The molecule has 0 amide bonds. The molecule has 2 N–H and O–H groups in total. The average molecular weight is 486 g/mol. The Kier molecular flexibility index (Phi) is 6.04. The van der Waals surface area contributed by atoms with E-state index in [1.54, 1.807) is 6.20 Å². The molecule has 1 saturated carbocycles. The number of hydrogen-bond donors (Lipinski definition) is 2. The van der Waals surface area contributed by atoms with Gasteiger partial charge in [0.25, 0.3) is 0 Å². The largest absolute Gasteiger partial charge is 0.489 e. The zero-order valence-corrected chi connectivity index (χ0v) is 22.2. The second-order valence-corrected chi connectivity index (χ2v) is 11.9. The third-order valence-electron chi connectivity index (χ3n) is 9.28. The van der Waals surface area contributed by atoms with Gasteiger partial charge in [-0.3, -0.25) is 4.98 Å². The summed E-state index contributed by atoms with van der Waals surface area (Å²) >= 11 is 0. The summed E-state index contributed by atoms with van der Waals surface area (Å²) in [5.41, 5.74) is 2.65. The van der Waals surface area contributed by atoms with Crippen LogP contribution in [-0.4, -0.2) is 20.8 Å². The van der Waals surface area contributed by atoms with E-state index in [1.165, 1.54) is 11.1 Å². The third kappa shape index (κ3) is 3.86. The van der Waals surface area contributed by atoms with E-state index in [-0.39, 0.29) is 16.7 Å². The minimum absolute atomic E-state index is 0.0803. The Morgan fingerprint density at radius 3 is 2.39 bits per heavy atom. The van der Waals surface area contributed by atoms with E-state index in [2.05, 4.69) is 50.0 Å². The van der Waals surface area contributed by atoms with Crippen molar-refractivity contribution in [3.8, 4) is 5.75 Å². The highest BCUT2D eigenvalue weighted by atomic mass is 16.5. The molecule has 0 spiro atoms. The smallest absolute Gasteiger partial charge is 0.120 e. The van der Waals surface area contributed by atoms with Gasteiger partial charge in [0.05, 0.1) is 5.60 Å².